The Bertz CT molecular complexity index is 768. The predicted octanol–water partition coefficient (Wildman–Crippen LogP) is 3.35. The van der Waals surface area contributed by atoms with Crippen LogP contribution in [-0.4, -0.2) is 35.2 Å². The molecule has 3 N–H and O–H groups in total. The average molecular weight is 401 g/mol. The van der Waals surface area contributed by atoms with Gasteiger partial charge in [0.15, 0.2) is 5.96 Å². The number of pyridine rings is 1. The molecule has 29 heavy (non-hydrogen) atoms. The van der Waals surface area contributed by atoms with E-state index in [-0.39, 0.29) is 12.6 Å². The van der Waals surface area contributed by atoms with Crippen molar-refractivity contribution in [2.75, 3.05) is 13.1 Å². The second-order valence-corrected chi connectivity index (χ2v) is 7.68. The van der Waals surface area contributed by atoms with Crippen molar-refractivity contribution in [3.63, 3.8) is 0 Å². The third kappa shape index (κ3) is 6.49. The summed E-state index contributed by atoms with van der Waals surface area (Å²) < 4.78 is 11.4. The van der Waals surface area contributed by atoms with Gasteiger partial charge in [0.1, 0.15) is 17.5 Å². The topological polar surface area (TPSA) is 91.9 Å². The Morgan fingerprint density at radius 2 is 2.14 bits per heavy atom. The van der Waals surface area contributed by atoms with Gasteiger partial charge in [0.2, 0.25) is 5.88 Å². The van der Waals surface area contributed by atoms with E-state index in [0.29, 0.717) is 24.1 Å². The highest BCUT2D eigenvalue weighted by Crippen LogP contribution is 2.23. The van der Waals surface area contributed by atoms with Crippen LogP contribution in [0.5, 0.6) is 5.88 Å². The lowest BCUT2D eigenvalue weighted by molar-refractivity contribution is 0.0386. The Hall–Kier alpha value is -2.54. The molecule has 1 unspecified atom stereocenters. The van der Waals surface area contributed by atoms with Crippen LogP contribution in [0.25, 0.3) is 0 Å². The fourth-order valence-electron chi connectivity index (χ4n) is 3.41. The highest BCUT2D eigenvalue weighted by Gasteiger charge is 2.26. The molecule has 1 aliphatic carbocycles. The highest BCUT2D eigenvalue weighted by molar-refractivity contribution is 5.79. The molecule has 1 atom stereocenters. The zero-order chi connectivity index (χ0) is 20.5. The summed E-state index contributed by atoms with van der Waals surface area (Å²) in [6, 6.07) is 7.43. The summed E-state index contributed by atoms with van der Waals surface area (Å²) in [5, 5.41) is 17.0. The van der Waals surface area contributed by atoms with Crippen LogP contribution in [0.15, 0.2) is 46.1 Å². The van der Waals surface area contributed by atoms with E-state index in [9.17, 15) is 5.11 Å². The molecule has 0 bridgehead atoms. The van der Waals surface area contributed by atoms with Crippen LogP contribution < -0.4 is 15.4 Å². The highest BCUT2D eigenvalue weighted by atomic mass is 16.5. The van der Waals surface area contributed by atoms with Crippen molar-refractivity contribution < 1.29 is 14.3 Å². The third-order valence-electron chi connectivity index (χ3n) is 5.05. The summed E-state index contributed by atoms with van der Waals surface area (Å²) in [7, 11) is 0. The minimum absolute atomic E-state index is 0.276. The summed E-state index contributed by atoms with van der Waals surface area (Å²) in [5.74, 6) is 1.81. The molecule has 158 valence electrons. The average Bonchev–Trinajstić information content (AvgIpc) is 3.27. The van der Waals surface area contributed by atoms with Gasteiger partial charge < -0.3 is 24.9 Å². The minimum atomic E-state index is -1.13. The molecule has 0 radical (unpaired) electrons. The van der Waals surface area contributed by atoms with Crippen molar-refractivity contribution >= 4 is 5.96 Å². The van der Waals surface area contributed by atoms with E-state index in [0.717, 1.165) is 24.9 Å². The van der Waals surface area contributed by atoms with Crippen LogP contribution in [-0.2, 0) is 12.1 Å². The van der Waals surface area contributed by atoms with Crippen LogP contribution in [0.1, 0.15) is 57.3 Å². The lowest BCUT2D eigenvalue weighted by Crippen LogP contribution is -2.44. The first kappa shape index (κ1) is 21.2. The normalized spacial score (nSPS) is 17.6. The molecule has 2 heterocycles. The van der Waals surface area contributed by atoms with E-state index < -0.39 is 5.60 Å². The lowest BCUT2D eigenvalue weighted by atomic mass is 9.98. The molecule has 0 aliphatic heterocycles. The fourth-order valence-corrected chi connectivity index (χ4v) is 3.41. The first-order valence-corrected chi connectivity index (χ1v) is 10.5. The number of hydrogen-bond acceptors (Lipinski definition) is 5. The summed E-state index contributed by atoms with van der Waals surface area (Å²) >= 11 is 0. The van der Waals surface area contributed by atoms with Gasteiger partial charge in [0.25, 0.3) is 0 Å². The summed E-state index contributed by atoms with van der Waals surface area (Å²) in [6.45, 7) is 5.20. The van der Waals surface area contributed by atoms with Crippen LogP contribution in [0.4, 0.5) is 0 Å². The molecule has 2 aromatic rings. The van der Waals surface area contributed by atoms with E-state index in [1.54, 1.807) is 31.5 Å². The van der Waals surface area contributed by atoms with Crippen molar-refractivity contribution in [1.29, 1.82) is 0 Å². The third-order valence-corrected chi connectivity index (χ3v) is 5.05. The van der Waals surface area contributed by atoms with Crippen molar-refractivity contribution in [1.82, 2.24) is 15.6 Å². The maximum atomic E-state index is 10.6. The summed E-state index contributed by atoms with van der Waals surface area (Å²) in [4.78, 5) is 8.97. The van der Waals surface area contributed by atoms with Crippen LogP contribution >= 0.6 is 0 Å². The molecule has 0 aromatic carbocycles. The number of guanidine groups is 1. The molecule has 2 aromatic heterocycles. The van der Waals surface area contributed by atoms with E-state index in [1.165, 1.54) is 19.3 Å². The fraction of sp³-hybridized carbons (Fsp3) is 0.545. The largest absolute Gasteiger partial charge is 0.474 e. The monoisotopic (exact) mass is 400 g/mol. The van der Waals surface area contributed by atoms with Gasteiger partial charge in [-0.2, -0.15) is 0 Å². The van der Waals surface area contributed by atoms with Crippen LogP contribution in [0, 0.1) is 0 Å². The maximum Gasteiger partial charge on any atom is 0.213 e. The molecular formula is C22H32N4O3. The standard InChI is InChI=1S/C22H32N4O3/c1-3-23-21(26-16-22(2,27)19-10-7-13-28-19)25-15-17-11-12-24-20(14-17)29-18-8-5-4-6-9-18/h7,10-14,18,27H,3-6,8-9,15-16H2,1-2H3,(H2,23,25,26). The van der Waals surface area contributed by atoms with E-state index >= 15 is 0 Å². The number of nitrogens with one attached hydrogen (secondary N) is 2. The number of furan rings is 1. The molecule has 7 nitrogen and oxygen atoms in total. The number of aliphatic hydroxyl groups is 1. The lowest BCUT2D eigenvalue weighted by Gasteiger charge is -2.23. The second-order valence-electron chi connectivity index (χ2n) is 7.68. The molecule has 3 rings (SSSR count). The van der Waals surface area contributed by atoms with Gasteiger partial charge in [-0.1, -0.05) is 6.42 Å². The smallest absolute Gasteiger partial charge is 0.213 e. The van der Waals surface area contributed by atoms with Gasteiger partial charge in [0, 0.05) is 18.8 Å². The predicted molar refractivity (Wildman–Crippen MR) is 113 cm³/mol. The summed E-state index contributed by atoms with van der Waals surface area (Å²) in [5.41, 5.74) is -0.0991. The number of ether oxygens (including phenoxy) is 1. The number of nitrogens with zero attached hydrogens (tertiary/aromatic N) is 2. The van der Waals surface area contributed by atoms with Gasteiger partial charge in [-0.05, 0) is 63.3 Å². The Balaban J connectivity index is 1.58. The molecule has 0 spiro atoms. The molecule has 0 saturated heterocycles. The van der Waals surface area contributed by atoms with E-state index in [1.807, 2.05) is 19.1 Å². The Morgan fingerprint density at radius 1 is 1.31 bits per heavy atom. The van der Waals surface area contributed by atoms with Gasteiger partial charge in [-0.25, -0.2) is 9.98 Å². The van der Waals surface area contributed by atoms with Crippen molar-refractivity contribution in [2.24, 2.45) is 4.99 Å². The Kier molecular flexibility index (Phi) is 7.52. The Morgan fingerprint density at radius 3 is 2.86 bits per heavy atom. The zero-order valence-electron chi connectivity index (χ0n) is 17.4. The van der Waals surface area contributed by atoms with Gasteiger partial charge in [-0.15, -0.1) is 0 Å². The number of aliphatic imine (C=N–C) groups is 1. The van der Waals surface area contributed by atoms with Gasteiger partial charge in [-0.3, -0.25) is 0 Å². The number of rotatable bonds is 8. The minimum Gasteiger partial charge on any atom is -0.474 e. The van der Waals surface area contributed by atoms with Gasteiger partial charge >= 0.3 is 0 Å². The Labute approximate surface area is 172 Å². The number of hydrogen-bond donors (Lipinski definition) is 3. The van der Waals surface area contributed by atoms with E-state index in [4.69, 9.17) is 9.15 Å². The van der Waals surface area contributed by atoms with Gasteiger partial charge in [0.05, 0.1) is 19.4 Å². The number of aromatic nitrogens is 1. The summed E-state index contributed by atoms with van der Waals surface area (Å²) in [6.07, 6.45) is 9.57. The molecule has 1 saturated carbocycles. The van der Waals surface area contributed by atoms with Crippen molar-refractivity contribution in [3.8, 4) is 5.88 Å². The first-order chi connectivity index (χ1) is 14.1. The molecule has 7 heteroatoms. The van der Waals surface area contributed by atoms with Crippen molar-refractivity contribution in [3.05, 3.63) is 48.0 Å². The first-order valence-electron chi connectivity index (χ1n) is 10.5. The SMILES string of the molecule is CCNC(=NCc1ccnc(OC2CCCCC2)c1)NCC(C)(O)c1ccco1. The maximum absolute atomic E-state index is 10.6. The van der Waals surface area contributed by atoms with Crippen LogP contribution in [0.2, 0.25) is 0 Å². The van der Waals surface area contributed by atoms with Crippen molar-refractivity contribution in [2.45, 2.75) is 64.2 Å². The second kappa shape index (κ2) is 10.3. The molecule has 1 fully saturated rings. The molecule has 1 aliphatic rings. The zero-order valence-corrected chi connectivity index (χ0v) is 17.4. The molecule has 0 amide bonds. The molecular weight excluding hydrogens is 368 g/mol. The quantitative estimate of drug-likeness (QED) is 0.465. The van der Waals surface area contributed by atoms with Crippen LogP contribution in [0.3, 0.4) is 0 Å². The van der Waals surface area contributed by atoms with E-state index in [2.05, 4.69) is 20.6 Å².